The number of ether oxygens (including phenoxy) is 1. The number of para-hydroxylation sites is 1. The smallest absolute Gasteiger partial charge is 0.254 e. The molecule has 8 nitrogen and oxygen atoms in total. The predicted octanol–water partition coefficient (Wildman–Crippen LogP) is 6.30. The van der Waals surface area contributed by atoms with E-state index in [4.69, 9.17) is 26.4 Å². The standard InChI is InChI=1S/C31H29ClN6O2/c1-40-28-11-10-22(20-26(28)32)30-35-29(21-12-15-33-16-13-21)36-38(30)19-18-37(23-6-2-3-7-23)31(39)25-14-17-34-27-9-5-4-8-24(25)27/h4-5,8-17,20,23H,2-3,6-7,18-19H2,1H3. The van der Waals surface area contributed by atoms with Gasteiger partial charge in [0.2, 0.25) is 0 Å². The molecule has 1 amide bonds. The molecule has 1 fully saturated rings. The second-order valence-corrected chi connectivity index (χ2v) is 10.3. The van der Waals surface area contributed by atoms with Crippen LogP contribution in [0.1, 0.15) is 36.0 Å². The highest BCUT2D eigenvalue weighted by Crippen LogP contribution is 2.31. The number of amides is 1. The van der Waals surface area contributed by atoms with Crippen molar-refractivity contribution in [1.29, 1.82) is 0 Å². The molecule has 5 aromatic rings. The molecule has 0 radical (unpaired) electrons. The fourth-order valence-corrected chi connectivity index (χ4v) is 5.70. The third kappa shape index (κ3) is 5.14. The summed E-state index contributed by atoms with van der Waals surface area (Å²) in [7, 11) is 1.59. The van der Waals surface area contributed by atoms with E-state index >= 15 is 0 Å². The maximum Gasteiger partial charge on any atom is 0.254 e. The number of hydrogen-bond donors (Lipinski definition) is 0. The highest BCUT2D eigenvalue weighted by atomic mass is 35.5. The molecule has 0 unspecified atom stereocenters. The van der Waals surface area contributed by atoms with E-state index < -0.39 is 0 Å². The van der Waals surface area contributed by atoms with Crippen molar-refractivity contribution in [3.8, 4) is 28.5 Å². The molecule has 6 rings (SSSR count). The quantitative estimate of drug-likeness (QED) is 0.224. The first kappa shape index (κ1) is 26.0. The summed E-state index contributed by atoms with van der Waals surface area (Å²) in [5.74, 6) is 1.87. The summed E-state index contributed by atoms with van der Waals surface area (Å²) in [6.07, 6.45) is 9.39. The Labute approximate surface area is 237 Å². The molecule has 0 aliphatic heterocycles. The van der Waals surface area contributed by atoms with Crippen LogP contribution in [-0.2, 0) is 6.54 Å². The molecule has 0 spiro atoms. The minimum atomic E-state index is 0.0222. The molecule has 40 heavy (non-hydrogen) atoms. The summed E-state index contributed by atoms with van der Waals surface area (Å²) in [6.45, 7) is 0.971. The first-order valence-electron chi connectivity index (χ1n) is 13.5. The van der Waals surface area contributed by atoms with Crippen molar-refractivity contribution in [2.24, 2.45) is 0 Å². The van der Waals surface area contributed by atoms with Gasteiger partial charge in [0, 0.05) is 47.7 Å². The van der Waals surface area contributed by atoms with Gasteiger partial charge in [-0.25, -0.2) is 9.67 Å². The zero-order valence-corrected chi connectivity index (χ0v) is 23.0. The summed E-state index contributed by atoms with van der Waals surface area (Å²) in [6, 6.07) is 19.1. The molecule has 1 saturated carbocycles. The maximum absolute atomic E-state index is 14.1. The SMILES string of the molecule is COc1ccc(-c2nc(-c3ccncc3)nn2CCN(C(=O)c2ccnc3ccccc23)C2CCCC2)cc1Cl. The Kier molecular flexibility index (Phi) is 7.42. The highest BCUT2D eigenvalue weighted by molar-refractivity contribution is 6.32. The average Bonchev–Trinajstić information content (AvgIpc) is 3.68. The van der Waals surface area contributed by atoms with Crippen molar-refractivity contribution >= 4 is 28.4 Å². The Morgan fingerprint density at radius 2 is 1.82 bits per heavy atom. The summed E-state index contributed by atoms with van der Waals surface area (Å²) in [5.41, 5.74) is 3.17. The van der Waals surface area contributed by atoms with Crippen LogP contribution >= 0.6 is 11.6 Å². The number of hydrogen-bond acceptors (Lipinski definition) is 6. The largest absolute Gasteiger partial charge is 0.495 e. The van der Waals surface area contributed by atoms with E-state index in [1.807, 2.05) is 70.2 Å². The molecule has 202 valence electrons. The Balaban J connectivity index is 1.36. The van der Waals surface area contributed by atoms with E-state index in [2.05, 4.69) is 9.97 Å². The second kappa shape index (κ2) is 11.4. The topological polar surface area (TPSA) is 86.0 Å². The Hall–Kier alpha value is -4.30. The number of halogens is 1. The van der Waals surface area contributed by atoms with E-state index in [1.54, 1.807) is 25.7 Å². The molecule has 1 aliphatic rings. The Bertz CT molecular complexity index is 1640. The molecule has 0 bridgehead atoms. The molecule has 1 aliphatic carbocycles. The van der Waals surface area contributed by atoms with Crippen LogP contribution in [0.4, 0.5) is 0 Å². The number of fused-ring (bicyclic) bond motifs is 1. The van der Waals surface area contributed by atoms with Gasteiger partial charge in [0.15, 0.2) is 11.6 Å². The molecular formula is C31H29ClN6O2. The third-order valence-corrected chi connectivity index (χ3v) is 7.77. The van der Waals surface area contributed by atoms with Crippen molar-refractivity contribution < 1.29 is 9.53 Å². The fraction of sp³-hybridized carbons (Fsp3) is 0.258. The molecule has 9 heteroatoms. The van der Waals surface area contributed by atoms with Gasteiger partial charge in [0.1, 0.15) is 5.75 Å². The van der Waals surface area contributed by atoms with Gasteiger partial charge in [-0.15, -0.1) is 0 Å². The van der Waals surface area contributed by atoms with Gasteiger partial charge in [0.25, 0.3) is 5.91 Å². The number of methoxy groups -OCH3 is 1. The van der Waals surface area contributed by atoms with Crippen LogP contribution in [-0.4, -0.2) is 55.2 Å². The molecule has 0 saturated heterocycles. The minimum Gasteiger partial charge on any atom is -0.495 e. The number of benzene rings is 2. The van der Waals surface area contributed by atoms with Gasteiger partial charge < -0.3 is 9.64 Å². The van der Waals surface area contributed by atoms with Crippen LogP contribution in [0.3, 0.4) is 0 Å². The summed E-state index contributed by atoms with van der Waals surface area (Å²) in [4.78, 5) is 29.6. The van der Waals surface area contributed by atoms with Crippen molar-refractivity contribution in [1.82, 2.24) is 29.6 Å². The lowest BCUT2D eigenvalue weighted by molar-refractivity contribution is 0.0674. The summed E-state index contributed by atoms with van der Waals surface area (Å²) in [5, 5.41) is 6.23. The van der Waals surface area contributed by atoms with E-state index in [-0.39, 0.29) is 11.9 Å². The van der Waals surface area contributed by atoms with Gasteiger partial charge in [-0.2, -0.15) is 5.10 Å². The fourth-order valence-electron chi connectivity index (χ4n) is 5.45. The molecule has 0 N–H and O–H groups in total. The molecule has 2 aromatic carbocycles. The number of rotatable bonds is 8. The number of carbonyl (C=O) groups is 1. The number of aromatic nitrogens is 5. The Morgan fingerprint density at radius 3 is 2.60 bits per heavy atom. The van der Waals surface area contributed by atoms with E-state index in [0.717, 1.165) is 47.7 Å². The molecule has 3 aromatic heterocycles. The number of carbonyl (C=O) groups excluding carboxylic acids is 1. The zero-order chi connectivity index (χ0) is 27.5. The zero-order valence-electron chi connectivity index (χ0n) is 22.2. The van der Waals surface area contributed by atoms with Crippen molar-refractivity contribution in [2.45, 2.75) is 38.3 Å². The van der Waals surface area contributed by atoms with Crippen molar-refractivity contribution in [3.63, 3.8) is 0 Å². The first-order chi connectivity index (χ1) is 19.6. The summed E-state index contributed by atoms with van der Waals surface area (Å²) >= 11 is 6.48. The van der Waals surface area contributed by atoms with Gasteiger partial charge >= 0.3 is 0 Å². The van der Waals surface area contributed by atoms with Crippen LogP contribution in [0, 0.1) is 0 Å². The van der Waals surface area contributed by atoms with Crippen LogP contribution < -0.4 is 4.74 Å². The lowest BCUT2D eigenvalue weighted by atomic mass is 10.1. The maximum atomic E-state index is 14.1. The van der Waals surface area contributed by atoms with Crippen molar-refractivity contribution in [3.05, 3.63) is 89.8 Å². The van der Waals surface area contributed by atoms with Crippen LogP contribution in [0.15, 0.2) is 79.3 Å². The van der Waals surface area contributed by atoms with E-state index in [9.17, 15) is 4.79 Å². The number of nitrogens with zero attached hydrogens (tertiary/aromatic N) is 6. The van der Waals surface area contributed by atoms with E-state index in [0.29, 0.717) is 41.1 Å². The predicted molar refractivity (Wildman–Crippen MR) is 155 cm³/mol. The number of pyridine rings is 2. The lowest BCUT2D eigenvalue weighted by Crippen LogP contribution is -2.41. The van der Waals surface area contributed by atoms with Crippen molar-refractivity contribution in [2.75, 3.05) is 13.7 Å². The lowest BCUT2D eigenvalue weighted by Gasteiger charge is -2.29. The first-order valence-corrected chi connectivity index (χ1v) is 13.8. The highest BCUT2D eigenvalue weighted by Gasteiger charge is 2.29. The summed E-state index contributed by atoms with van der Waals surface area (Å²) < 4.78 is 7.21. The van der Waals surface area contributed by atoms with Gasteiger partial charge in [-0.3, -0.25) is 14.8 Å². The molecule has 0 atom stereocenters. The Morgan fingerprint density at radius 1 is 1.02 bits per heavy atom. The average molecular weight is 553 g/mol. The van der Waals surface area contributed by atoms with Crippen LogP contribution in [0.25, 0.3) is 33.7 Å². The minimum absolute atomic E-state index is 0.0222. The third-order valence-electron chi connectivity index (χ3n) is 7.48. The normalized spacial score (nSPS) is 13.6. The van der Waals surface area contributed by atoms with Gasteiger partial charge in [0.05, 0.1) is 29.8 Å². The van der Waals surface area contributed by atoms with Crippen LogP contribution in [0.5, 0.6) is 5.75 Å². The molecular weight excluding hydrogens is 524 g/mol. The monoisotopic (exact) mass is 552 g/mol. The van der Waals surface area contributed by atoms with Crippen LogP contribution in [0.2, 0.25) is 5.02 Å². The molecule has 3 heterocycles. The van der Waals surface area contributed by atoms with E-state index in [1.165, 1.54) is 0 Å². The van der Waals surface area contributed by atoms with Gasteiger partial charge in [-0.05, 0) is 55.3 Å². The second-order valence-electron chi connectivity index (χ2n) is 9.88. The van der Waals surface area contributed by atoms with Gasteiger partial charge in [-0.1, -0.05) is 42.6 Å².